The van der Waals surface area contributed by atoms with E-state index in [0.29, 0.717) is 13.0 Å². The SMILES string of the molecule is CP1(=O)OCCC(c2ccc(S(C)(=O)=O)cc2)O1. The summed E-state index contributed by atoms with van der Waals surface area (Å²) in [7, 11) is -6.16. The first-order valence-electron chi connectivity index (χ1n) is 5.48. The minimum atomic E-state index is -3.19. The molecular formula is C11H15O5PS. The molecule has 1 aliphatic heterocycles. The highest BCUT2D eigenvalue weighted by Crippen LogP contribution is 2.52. The Morgan fingerprint density at radius 2 is 1.89 bits per heavy atom. The van der Waals surface area contributed by atoms with Crippen molar-refractivity contribution in [2.75, 3.05) is 19.5 Å². The van der Waals surface area contributed by atoms with Crippen molar-refractivity contribution in [2.45, 2.75) is 17.4 Å². The fourth-order valence-electron chi connectivity index (χ4n) is 1.80. The van der Waals surface area contributed by atoms with Gasteiger partial charge in [-0.2, -0.15) is 0 Å². The third-order valence-corrected chi connectivity index (χ3v) is 5.12. The highest BCUT2D eigenvalue weighted by molar-refractivity contribution is 7.90. The summed E-state index contributed by atoms with van der Waals surface area (Å²) in [6.45, 7) is 1.82. The molecular weight excluding hydrogens is 275 g/mol. The van der Waals surface area contributed by atoms with Gasteiger partial charge in [0.1, 0.15) is 0 Å². The van der Waals surface area contributed by atoms with Gasteiger partial charge in [-0.1, -0.05) is 12.1 Å². The fourth-order valence-corrected chi connectivity index (χ4v) is 3.61. The summed E-state index contributed by atoms with van der Waals surface area (Å²) < 4.78 is 44.8. The Hall–Kier alpha value is -0.680. The molecule has 1 aromatic rings. The molecule has 0 radical (unpaired) electrons. The second-order valence-electron chi connectivity index (χ2n) is 4.33. The smallest absolute Gasteiger partial charge is 0.309 e. The molecule has 0 spiro atoms. The van der Waals surface area contributed by atoms with Crippen molar-refractivity contribution in [2.24, 2.45) is 0 Å². The number of benzene rings is 1. The van der Waals surface area contributed by atoms with Crippen LogP contribution in [0, 0.1) is 0 Å². The molecule has 1 fully saturated rings. The van der Waals surface area contributed by atoms with Crippen molar-refractivity contribution >= 4 is 17.4 Å². The van der Waals surface area contributed by atoms with Crippen LogP contribution < -0.4 is 0 Å². The van der Waals surface area contributed by atoms with E-state index in [1.54, 1.807) is 12.1 Å². The number of sulfone groups is 1. The highest BCUT2D eigenvalue weighted by atomic mass is 32.2. The summed E-state index contributed by atoms with van der Waals surface area (Å²) in [5, 5.41) is 0. The van der Waals surface area contributed by atoms with Gasteiger partial charge in [0.15, 0.2) is 9.84 Å². The van der Waals surface area contributed by atoms with Gasteiger partial charge < -0.3 is 9.05 Å². The minimum Gasteiger partial charge on any atom is -0.309 e. The lowest BCUT2D eigenvalue weighted by atomic mass is 10.1. The summed E-state index contributed by atoms with van der Waals surface area (Å²) in [5.41, 5.74) is 0.813. The monoisotopic (exact) mass is 290 g/mol. The van der Waals surface area contributed by atoms with E-state index in [1.807, 2.05) is 0 Å². The van der Waals surface area contributed by atoms with Gasteiger partial charge in [0.25, 0.3) is 0 Å². The standard InChI is InChI=1S/C11H15O5PS/c1-17(12)15-8-7-11(16-17)9-3-5-10(6-4-9)18(2,13)14/h3-6,11H,7-8H2,1-2H3. The Morgan fingerprint density at radius 3 is 2.39 bits per heavy atom. The highest BCUT2D eigenvalue weighted by Gasteiger charge is 2.29. The van der Waals surface area contributed by atoms with E-state index in [9.17, 15) is 13.0 Å². The topological polar surface area (TPSA) is 69.7 Å². The summed E-state index contributed by atoms with van der Waals surface area (Å²) >= 11 is 0. The summed E-state index contributed by atoms with van der Waals surface area (Å²) in [6.07, 6.45) is 1.46. The molecule has 2 unspecified atom stereocenters. The quantitative estimate of drug-likeness (QED) is 0.782. The van der Waals surface area contributed by atoms with Crippen LogP contribution in [-0.2, 0) is 23.4 Å². The third-order valence-electron chi connectivity index (χ3n) is 2.70. The van der Waals surface area contributed by atoms with Crippen LogP contribution in [0.4, 0.5) is 0 Å². The van der Waals surface area contributed by atoms with E-state index < -0.39 is 17.4 Å². The first kappa shape index (κ1) is 13.7. The first-order valence-corrected chi connectivity index (χ1v) is 9.36. The maximum atomic E-state index is 11.7. The molecule has 0 N–H and O–H groups in total. The normalized spacial score (nSPS) is 29.1. The van der Waals surface area contributed by atoms with Crippen LogP contribution in [0.5, 0.6) is 0 Å². The molecule has 18 heavy (non-hydrogen) atoms. The fraction of sp³-hybridized carbons (Fsp3) is 0.455. The van der Waals surface area contributed by atoms with Crippen LogP contribution in [0.25, 0.3) is 0 Å². The van der Waals surface area contributed by atoms with E-state index in [0.717, 1.165) is 11.8 Å². The molecule has 0 saturated carbocycles. The Labute approximate surface area is 107 Å². The van der Waals surface area contributed by atoms with Crippen molar-refractivity contribution in [3.05, 3.63) is 29.8 Å². The average molecular weight is 290 g/mol. The van der Waals surface area contributed by atoms with Gasteiger partial charge in [-0.15, -0.1) is 0 Å². The predicted molar refractivity (Wildman–Crippen MR) is 67.5 cm³/mol. The van der Waals surface area contributed by atoms with Gasteiger partial charge in [-0.05, 0) is 17.7 Å². The molecule has 2 atom stereocenters. The van der Waals surface area contributed by atoms with Gasteiger partial charge in [0.05, 0.1) is 17.6 Å². The number of hydrogen-bond acceptors (Lipinski definition) is 5. The van der Waals surface area contributed by atoms with Crippen LogP contribution in [-0.4, -0.2) is 27.9 Å². The van der Waals surface area contributed by atoms with E-state index in [2.05, 4.69) is 0 Å². The Balaban J connectivity index is 2.22. The van der Waals surface area contributed by atoms with Crippen LogP contribution >= 0.6 is 7.60 Å². The molecule has 1 heterocycles. The molecule has 0 bridgehead atoms. The van der Waals surface area contributed by atoms with Crippen LogP contribution in [0.1, 0.15) is 18.1 Å². The van der Waals surface area contributed by atoms with Crippen molar-refractivity contribution in [1.82, 2.24) is 0 Å². The van der Waals surface area contributed by atoms with E-state index in [4.69, 9.17) is 9.05 Å². The van der Waals surface area contributed by atoms with Gasteiger partial charge in [0, 0.05) is 19.3 Å². The largest absolute Gasteiger partial charge is 0.328 e. The van der Waals surface area contributed by atoms with Gasteiger partial charge >= 0.3 is 7.60 Å². The van der Waals surface area contributed by atoms with Gasteiger partial charge in [-0.3, -0.25) is 4.57 Å². The third kappa shape index (κ3) is 3.20. The molecule has 1 aliphatic rings. The Kier molecular flexibility index (Phi) is 3.65. The van der Waals surface area contributed by atoms with Crippen molar-refractivity contribution in [3.8, 4) is 0 Å². The second kappa shape index (κ2) is 4.78. The molecule has 7 heteroatoms. The van der Waals surface area contributed by atoms with Gasteiger partial charge in [0.2, 0.25) is 0 Å². The molecule has 0 aliphatic carbocycles. The Bertz CT molecular complexity index is 578. The lowest BCUT2D eigenvalue weighted by Crippen LogP contribution is -2.13. The molecule has 5 nitrogen and oxygen atoms in total. The van der Waals surface area contributed by atoms with E-state index >= 15 is 0 Å². The van der Waals surface area contributed by atoms with Crippen molar-refractivity contribution in [1.29, 1.82) is 0 Å². The molecule has 2 rings (SSSR count). The summed E-state index contributed by atoms with van der Waals surface area (Å²) in [6, 6.07) is 6.44. The molecule has 0 aromatic heterocycles. The summed E-state index contributed by atoms with van der Waals surface area (Å²) in [5.74, 6) is 0. The maximum Gasteiger partial charge on any atom is 0.328 e. The predicted octanol–water partition coefficient (Wildman–Crippen LogP) is 2.39. The zero-order chi connectivity index (χ0) is 13.4. The minimum absolute atomic E-state index is 0.262. The second-order valence-corrected chi connectivity index (χ2v) is 8.36. The number of hydrogen-bond donors (Lipinski definition) is 0. The van der Waals surface area contributed by atoms with Gasteiger partial charge in [-0.25, -0.2) is 8.42 Å². The lowest BCUT2D eigenvalue weighted by Gasteiger charge is -2.27. The van der Waals surface area contributed by atoms with E-state index in [1.165, 1.54) is 18.8 Å². The van der Waals surface area contributed by atoms with E-state index in [-0.39, 0.29) is 11.0 Å². The molecule has 0 amide bonds. The summed E-state index contributed by atoms with van der Waals surface area (Å²) in [4.78, 5) is 0.262. The van der Waals surface area contributed by atoms with Crippen LogP contribution in [0.3, 0.4) is 0 Å². The van der Waals surface area contributed by atoms with Crippen molar-refractivity contribution < 1.29 is 22.0 Å². The van der Waals surface area contributed by atoms with Crippen LogP contribution in [0.2, 0.25) is 0 Å². The average Bonchev–Trinajstić information content (AvgIpc) is 2.27. The van der Waals surface area contributed by atoms with Crippen molar-refractivity contribution in [3.63, 3.8) is 0 Å². The molecule has 1 aromatic carbocycles. The lowest BCUT2D eigenvalue weighted by molar-refractivity contribution is 0.0844. The Morgan fingerprint density at radius 1 is 1.28 bits per heavy atom. The zero-order valence-corrected chi connectivity index (χ0v) is 11.9. The number of rotatable bonds is 2. The first-order chi connectivity index (χ1) is 8.28. The zero-order valence-electron chi connectivity index (χ0n) is 10.2. The molecule has 1 saturated heterocycles. The molecule has 100 valence electrons. The maximum absolute atomic E-state index is 11.7. The van der Waals surface area contributed by atoms with Crippen LogP contribution in [0.15, 0.2) is 29.2 Å².